The van der Waals surface area contributed by atoms with E-state index in [0.717, 1.165) is 24.8 Å². The molecular formula is C17H22O3. The first-order chi connectivity index (χ1) is 9.68. The maximum absolute atomic E-state index is 12.0. The normalized spacial score (nSPS) is 31.5. The second kappa shape index (κ2) is 5.66. The quantitative estimate of drug-likeness (QED) is 0.897. The molecule has 3 heteroatoms. The minimum absolute atomic E-state index is 0.187. The van der Waals surface area contributed by atoms with E-state index in [-0.39, 0.29) is 23.7 Å². The molecule has 2 aliphatic carbocycles. The Morgan fingerprint density at radius 1 is 1.30 bits per heavy atom. The topological polar surface area (TPSA) is 46.5 Å². The number of aliphatic hydroxyl groups is 1. The Labute approximate surface area is 120 Å². The molecule has 20 heavy (non-hydrogen) atoms. The van der Waals surface area contributed by atoms with Crippen LogP contribution in [0.5, 0.6) is 0 Å². The van der Waals surface area contributed by atoms with Crippen molar-refractivity contribution in [3.8, 4) is 0 Å². The van der Waals surface area contributed by atoms with Crippen LogP contribution in [-0.2, 0) is 16.1 Å². The van der Waals surface area contributed by atoms with E-state index in [9.17, 15) is 9.90 Å². The van der Waals surface area contributed by atoms with Gasteiger partial charge in [0.15, 0.2) is 0 Å². The molecule has 3 nitrogen and oxygen atoms in total. The third-order valence-electron chi connectivity index (χ3n) is 4.93. The van der Waals surface area contributed by atoms with E-state index in [4.69, 9.17) is 4.74 Å². The third kappa shape index (κ3) is 2.40. The van der Waals surface area contributed by atoms with Gasteiger partial charge >= 0.3 is 0 Å². The van der Waals surface area contributed by atoms with Crippen molar-refractivity contribution in [3.05, 3.63) is 35.9 Å². The van der Waals surface area contributed by atoms with E-state index in [1.165, 1.54) is 0 Å². The van der Waals surface area contributed by atoms with Crippen LogP contribution in [0.15, 0.2) is 30.3 Å². The van der Waals surface area contributed by atoms with Crippen LogP contribution in [0.25, 0.3) is 0 Å². The molecule has 2 aliphatic rings. The fourth-order valence-corrected chi connectivity index (χ4v) is 3.73. The van der Waals surface area contributed by atoms with Crippen LogP contribution in [0.3, 0.4) is 0 Å². The molecule has 0 aliphatic heterocycles. The highest BCUT2D eigenvalue weighted by molar-refractivity contribution is 5.91. The zero-order valence-corrected chi connectivity index (χ0v) is 11.9. The lowest BCUT2D eigenvalue weighted by Crippen LogP contribution is -2.53. The standard InChI is InChI=1S/C17H22O3/c1-11(20-10-12-6-3-2-4-7-12)16(18)15-13-8-5-9-14(13)17(15)19/h2-4,6-7,11,13-16,18H,5,8-10H2,1H3/t11-,13-,14+,15-,16+/m0/s1. The van der Waals surface area contributed by atoms with Gasteiger partial charge in [-0.3, -0.25) is 4.79 Å². The molecule has 0 heterocycles. The van der Waals surface area contributed by atoms with Crippen LogP contribution >= 0.6 is 0 Å². The Kier molecular flexibility index (Phi) is 3.90. The van der Waals surface area contributed by atoms with Crippen molar-refractivity contribution in [1.29, 1.82) is 0 Å². The van der Waals surface area contributed by atoms with Gasteiger partial charge in [0.2, 0.25) is 0 Å². The number of ketones is 1. The number of benzene rings is 1. The highest BCUT2D eigenvalue weighted by Gasteiger charge is 2.55. The average molecular weight is 274 g/mol. The maximum atomic E-state index is 12.0. The van der Waals surface area contributed by atoms with Crippen LogP contribution in [0.2, 0.25) is 0 Å². The van der Waals surface area contributed by atoms with Crippen LogP contribution in [0.4, 0.5) is 0 Å². The number of carbonyl (C=O) groups is 1. The third-order valence-corrected chi connectivity index (χ3v) is 4.93. The van der Waals surface area contributed by atoms with Crippen LogP contribution in [-0.4, -0.2) is 23.1 Å². The largest absolute Gasteiger partial charge is 0.390 e. The van der Waals surface area contributed by atoms with Crippen molar-refractivity contribution in [2.75, 3.05) is 0 Å². The summed E-state index contributed by atoms with van der Waals surface area (Å²) < 4.78 is 5.74. The minimum Gasteiger partial charge on any atom is -0.390 e. The van der Waals surface area contributed by atoms with Gasteiger partial charge < -0.3 is 9.84 Å². The first-order valence-corrected chi connectivity index (χ1v) is 7.56. The number of hydrogen-bond donors (Lipinski definition) is 1. The highest BCUT2D eigenvalue weighted by atomic mass is 16.5. The lowest BCUT2D eigenvalue weighted by Gasteiger charge is -2.43. The van der Waals surface area contributed by atoms with E-state index in [1.54, 1.807) is 0 Å². The smallest absolute Gasteiger partial charge is 0.142 e. The van der Waals surface area contributed by atoms with Crippen molar-refractivity contribution < 1.29 is 14.6 Å². The van der Waals surface area contributed by atoms with Crippen molar-refractivity contribution in [2.45, 2.75) is 45.0 Å². The predicted octanol–water partition coefficient (Wildman–Crippen LogP) is 2.57. The van der Waals surface area contributed by atoms with Gasteiger partial charge in [-0.05, 0) is 31.2 Å². The van der Waals surface area contributed by atoms with Crippen LogP contribution in [0, 0.1) is 17.8 Å². The van der Waals surface area contributed by atoms with E-state index >= 15 is 0 Å². The molecule has 1 aromatic rings. The lowest BCUT2D eigenvalue weighted by molar-refractivity contribution is -0.157. The predicted molar refractivity (Wildman–Crippen MR) is 76.0 cm³/mol. The summed E-state index contributed by atoms with van der Waals surface area (Å²) in [5.74, 6) is 0.708. The zero-order chi connectivity index (χ0) is 14.1. The summed E-state index contributed by atoms with van der Waals surface area (Å²) >= 11 is 0. The maximum Gasteiger partial charge on any atom is 0.142 e. The summed E-state index contributed by atoms with van der Waals surface area (Å²) in [6.45, 7) is 2.34. The molecule has 0 bridgehead atoms. The fraction of sp³-hybridized carbons (Fsp3) is 0.588. The van der Waals surface area contributed by atoms with E-state index in [1.807, 2.05) is 37.3 Å². The van der Waals surface area contributed by atoms with E-state index in [2.05, 4.69) is 0 Å². The van der Waals surface area contributed by atoms with Crippen molar-refractivity contribution >= 4 is 5.78 Å². The molecule has 0 radical (unpaired) electrons. The first-order valence-electron chi connectivity index (χ1n) is 7.56. The number of ether oxygens (including phenoxy) is 1. The molecule has 5 atom stereocenters. The highest BCUT2D eigenvalue weighted by Crippen LogP contribution is 2.50. The summed E-state index contributed by atoms with van der Waals surface area (Å²) in [5, 5.41) is 10.4. The minimum atomic E-state index is -0.662. The average Bonchev–Trinajstić information content (AvgIpc) is 2.89. The van der Waals surface area contributed by atoms with Crippen molar-refractivity contribution in [1.82, 2.24) is 0 Å². The zero-order valence-electron chi connectivity index (χ0n) is 11.9. The van der Waals surface area contributed by atoms with Gasteiger partial charge in [0, 0.05) is 11.8 Å². The number of rotatable bonds is 5. The molecule has 1 N–H and O–H groups in total. The first kappa shape index (κ1) is 13.8. The van der Waals surface area contributed by atoms with Crippen molar-refractivity contribution in [3.63, 3.8) is 0 Å². The second-order valence-electron chi connectivity index (χ2n) is 6.12. The molecule has 0 spiro atoms. The van der Waals surface area contributed by atoms with E-state index in [0.29, 0.717) is 12.5 Å². The molecule has 1 aromatic carbocycles. The summed E-state index contributed by atoms with van der Waals surface area (Å²) in [5.41, 5.74) is 1.09. The van der Waals surface area contributed by atoms with Crippen molar-refractivity contribution in [2.24, 2.45) is 17.8 Å². The van der Waals surface area contributed by atoms with Gasteiger partial charge in [-0.2, -0.15) is 0 Å². The Hall–Kier alpha value is -1.19. The van der Waals surface area contributed by atoms with E-state index < -0.39 is 6.10 Å². The molecule has 3 rings (SSSR count). The number of hydrogen-bond acceptors (Lipinski definition) is 3. The molecule has 0 saturated heterocycles. The van der Waals surface area contributed by atoms with Gasteiger partial charge in [0.25, 0.3) is 0 Å². The van der Waals surface area contributed by atoms with Crippen LogP contribution < -0.4 is 0 Å². The van der Waals surface area contributed by atoms with Gasteiger partial charge in [0.05, 0.1) is 18.8 Å². The van der Waals surface area contributed by atoms with Crippen LogP contribution in [0.1, 0.15) is 31.7 Å². The molecule has 108 valence electrons. The fourth-order valence-electron chi connectivity index (χ4n) is 3.73. The Morgan fingerprint density at radius 2 is 2.05 bits per heavy atom. The van der Waals surface area contributed by atoms with Gasteiger partial charge in [-0.15, -0.1) is 0 Å². The van der Waals surface area contributed by atoms with Gasteiger partial charge in [-0.25, -0.2) is 0 Å². The number of aliphatic hydroxyl groups excluding tert-OH is 1. The monoisotopic (exact) mass is 274 g/mol. The molecule has 0 unspecified atom stereocenters. The summed E-state index contributed by atoms with van der Waals surface area (Å²) in [7, 11) is 0. The molecule has 0 amide bonds. The van der Waals surface area contributed by atoms with Gasteiger partial charge in [-0.1, -0.05) is 36.8 Å². The second-order valence-corrected chi connectivity index (χ2v) is 6.12. The SMILES string of the molecule is C[C@H](OCc1ccccc1)[C@@H](O)[C@H]1C(=O)[C@@H]2CCC[C@H]12. The molecule has 2 fully saturated rings. The Balaban J connectivity index is 1.54. The lowest BCUT2D eigenvalue weighted by atomic mass is 9.62. The summed E-state index contributed by atoms with van der Waals surface area (Å²) in [6.07, 6.45) is 2.27. The molecular weight excluding hydrogens is 252 g/mol. The Morgan fingerprint density at radius 3 is 2.80 bits per heavy atom. The Bertz CT molecular complexity index is 470. The number of fused-ring (bicyclic) bond motifs is 1. The number of carbonyl (C=O) groups excluding carboxylic acids is 1. The summed E-state index contributed by atoms with van der Waals surface area (Å²) in [6, 6.07) is 9.91. The van der Waals surface area contributed by atoms with Gasteiger partial charge in [0.1, 0.15) is 5.78 Å². The molecule has 2 saturated carbocycles. The molecule has 0 aromatic heterocycles. The number of Topliss-reactive ketones (excluding diaryl/α,β-unsaturated/α-hetero) is 1. The summed E-state index contributed by atoms with van der Waals surface area (Å²) in [4.78, 5) is 12.0.